The Balaban J connectivity index is 1.94. The molecule has 122 valence electrons. The average molecular weight is 322 g/mol. The fourth-order valence-electron chi connectivity index (χ4n) is 2.14. The Bertz CT molecular complexity index is 809. The zero-order chi connectivity index (χ0) is 17.5. The number of aryl methyl sites for hydroxylation is 1. The van der Waals surface area contributed by atoms with Gasteiger partial charge >= 0.3 is 0 Å². The molecule has 6 heteroatoms. The Labute approximate surface area is 140 Å². The first-order valence-corrected chi connectivity index (χ1v) is 7.52. The minimum atomic E-state index is -0.179. The minimum absolute atomic E-state index is 0.0780. The highest BCUT2D eigenvalue weighted by Crippen LogP contribution is 2.17. The number of amides is 1. The molecule has 0 spiro atoms. The monoisotopic (exact) mass is 322 g/mol. The Kier molecular flexibility index (Phi) is 5.63. The number of benzene rings is 1. The molecule has 1 aromatic carbocycles. The molecular formula is C18H18N4O2. The van der Waals surface area contributed by atoms with Crippen LogP contribution in [0.1, 0.15) is 35.0 Å². The SMILES string of the molecule is CC(=O)c1ccc(C#N)c(NCCC(=O)Nc2cccc(C)n2)c1. The van der Waals surface area contributed by atoms with Crippen LogP contribution in [0.25, 0.3) is 0 Å². The predicted octanol–water partition coefficient (Wildman–Crippen LogP) is 2.91. The molecule has 0 fully saturated rings. The van der Waals surface area contributed by atoms with Crippen molar-refractivity contribution in [2.45, 2.75) is 20.3 Å². The lowest BCUT2D eigenvalue weighted by Crippen LogP contribution is -2.17. The van der Waals surface area contributed by atoms with Crippen molar-refractivity contribution < 1.29 is 9.59 Å². The number of ketones is 1. The van der Waals surface area contributed by atoms with Crippen LogP contribution in [0.3, 0.4) is 0 Å². The van der Waals surface area contributed by atoms with Crippen molar-refractivity contribution in [3.8, 4) is 6.07 Å². The highest BCUT2D eigenvalue weighted by molar-refractivity contribution is 5.95. The van der Waals surface area contributed by atoms with Crippen molar-refractivity contribution in [2.24, 2.45) is 0 Å². The molecule has 2 rings (SSSR count). The van der Waals surface area contributed by atoms with Crippen LogP contribution in [0.2, 0.25) is 0 Å². The van der Waals surface area contributed by atoms with Crippen LogP contribution >= 0.6 is 0 Å². The van der Waals surface area contributed by atoms with E-state index in [4.69, 9.17) is 5.26 Å². The highest BCUT2D eigenvalue weighted by atomic mass is 16.1. The first kappa shape index (κ1) is 17.2. The third-order valence-corrected chi connectivity index (χ3v) is 3.37. The smallest absolute Gasteiger partial charge is 0.227 e. The number of hydrogen-bond donors (Lipinski definition) is 2. The van der Waals surface area contributed by atoms with E-state index in [2.05, 4.69) is 21.7 Å². The number of nitriles is 1. The summed E-state index contributed by atoms with van der Waals surface area (Å²) in [5.41, 5.74) is 2.32. The first-order valence-electron chi connectivity index (χ1n) is 7.52. The van der Waals surface area contributed by atoms with E-state index >= 15 is 0 Å². The second-order valence-corrected chi connectivity index (χ2v) is 5.32. The van der Waals surface area contributed by atoms with E-state index in [1.54, 1.807) is 24.3 Å². The van der Waals surface area contributed by atoms with Crippen LogP contribution in [-0.4, -0.2) is 23.2 Å². The fraction of sp³-hybridized carbons (Fsp3) is 0.222. The van der Waals surface area contributed by atoms with E-state index < -0.39 is 0 Å². The van der Waals surface area contributed by atoms with Crippen molar-refractivity contribution >= 4 is 23.2 Å². The van der Waals surface area contributed by atoms with Crippen molar-refractivity contribution in [2.75, 3.05) is 17.2 Å². The molecule has 1 heterocycles. The lowest BCUT2D eigenvalue weighted by atomic mass is 10.1. The lowest BCUT2D eigenvalue weighted by molar-refractivity contribution is -0.116. The molecule has 1 amide bonds. The maximum atomic E-state index is 11.9. The minimum Gasteiger partial charge on any atom is -0.383 e. The molecule has 2 N–H and O–H groups in total. The molecule has 0 saturated carbocycles. The molecule has 0 atom stereocenters. The van der Waals surface area contributed by atoms with Gasteiger partial charge in [-0.15, -0.1) is 0 Å². The van der Waals surface area contributed by atoms with Crippen LogP contribution in [0, 0.1) is 18.3 Å². The Morgan fingerprint density at radius 1 is 1.25 bits per heavy atom. The molecular weight excluding hydrogens is 304 g/mol. The van der Waals surface area contributed by atoms with Gasteiger partial charge in [-0.05, 0) is 44.2 Å². The number of nitrogens with zero attached hydrogens (tertiary/aromatic N) is 2. The van der Waals surface area contributed by atoms with E-state index in [0.717, 1.165) is 5.69 Å². The summed E-state index contributed by atoms with van der Waals surface area (Å²) in [6, 6.07) is 12.3. The number of carbonyl (C=O) groups is 2. The zero-order valence-electron chi connectivity index (χ0n) is 13.6. The summed E-state index contributed by atoms with van der Waals surface area (Å²) in [6.07, 6.45) is 0.213. The van der Waals surface area contributed by atoms with Gasteiger partial charge in [0.2, 0.25) is 5.91 Å². The molecule has 0 saturated heterocycles. The summed E-state index contributed by atoms with van der Waals surface area (Å²) >= 11 is 0. The van der Waals surface area contributed by atoms with Gasteiger partial charge in [-0.3, -0.25) is 9.59 Å². The summed E-state index contributed by atoms with van der Waals surface area (Å²) in [5, 5.41) is 14.9. The summed E-state index contributed by atoms with van der Waals surface area (Å²) in [5.74, 6) is 0.254. The maximum absolute atomic E-state index is 11.9. The molecule has 0 aliphatic heterocycles. The van der Waals surface area contributed by atoms with Crippen LogP contribution in [0.5, 0.6) is 0 Å². The predicted molar refractivity (Wildman–Crippen MR) is 91.9 cm³/mol. The summed E-state index contributed by atoms with van der Waals surface area (Å²) < 4.78 is 0. The molecule has 1 aromatic heterocycles. The number of rotatable bonds is 6. The molecule has 0 radical (unpaired) electrons. The first-order chi connectivity index (χ1) is 11.5. The highest BCUT2D eigenvalue weighted by Gasteiger charge is 2.08. The number of pyridine rings is 1. The lowest BCUT2D eigenvalue weighted by Gasteiger charge is -2.10. The van der Waals surface area contributed by atoms with Crippen molar-refractivity contribution in [3.63, 3.8) is 0 Å². The maximum Gasteiger partial charge on any atom is 0.227 e. The number of nitrogens with one attached hydrogen (secondary N) is 2. The van der Waals surface area contributed by atoms with E-state index in [1.165, 1.54) is 6.92 Å². The van der Waals surface area contributed by atoms with Gasteiger partial charge in [0.15, 0.2) is 5.78 Å². The topological polar surface area (TPSA) is 94.9 Å². The van der Waals surface area contributed by atoms with Crippen molar-refractivity contribution in [1.29, 1.82) is 5.26 Å². The van der Waals surface area contributed by atoms with Crippen LogP contribution < -0.4 is 10.6 Å². The molecule has 24 heavy (non-hydrogen) atoms. The summed E-state index contributed by atoms with van der Waals surface area (Å²) in [7, 11) is 0. The molecule has 2 aromatic rings. The largest absolute Gasteiger partial charge is 0.383 e. The molecule has 0 bridgehead atoms. The Hall–Kier alpha value is -3.20. The third kappa shape index (κ3) is 4.65. The number of aromatic nitrogens is 1. The standard InChI is InChI=1S/C18H18N4O2/c1-12-4-3-5-17(21-12)22-18(24)8-9-20-16-10-14(13(2)23)6-7-15(16)11-19/h3-7,10,20H,8-9H2,1-2H3,(H,21,22,24). The third-order valence-electron chi connectivity index (χ3n) is 3.37. The van der Waals surface area contributed by atoms with E-state index in [0.29, 0.717) is 29.2 Å². The van der Waals surface area contributed by atoms with Gasteiger partial charge in [0.1, 0.15) is 11.9 Å². The van der Waals surface area contributed by atoms with Gasteiger partial charge < -0.3 is 10.6 Å². The second kappa shape index (κ2) is 7.88. The van der Waals surface area contributed by atoms with E-state index in [9.17, 15) is 9.59 Å². The van der Waals surface area contributed by atoms with Gasteiger partial charge in [-0.2, -0.15) is 5.26 Å². The molecule has 0 aliphatic rings. The zero-order valence-corrected chi connectivity index (χ0v) is 13.6. The fourth-order valence-corrected chi connectivity index (χ4v) is 2.14. The van der Waals surface area contributed by atoms with Gasteiger partial charge in [-0.1, -0.05) is 6.07 Å². The van der Waals surface area contributed by atoms with E-state index in [-0.39, 0.29) is 18.1 Å². The Morgan fingerprint density at radius 3 is 2.71 bits per heavy atom. The van der Waals surface area contributed by atoms with Crippen LogP contribution in [-0.2, 0) is 4.79 Å². The van der Waals surface area contributed by atoms with Gasteiger partial charge in [0.05, 0.1) is 11.3 Å². The number of anilines is 2. The molecule has 0 aliphatic carbocycles. The van der Waals surface area contributed by atoms with Crippen LogP contribution in [0.4, 0.5) is 11.5 Å². The number of Topliss-reactive ketones (excluding diaryl/α,β-unsaturated/α-hetero) is 1. The second-order valence-electron chi connectivity index (χ2n) is 5.32. The number of carbonyl (C=O) groups excluding carboxylic acids is 2. The van der Waals surface area contributed by atoms with Crippen molar-refractivity contribution in [1.82, 2.24) is 4.98 Å². The van der Waals surface area contributed by atoms with Gasteiger partial charge in [0.25, 0.3) is 0 Å². The van der Waals surface area contributed by atoms with E-state index in [1.807, 2.05) is 19.1 Å². The normalized spacial score (nSPS) is 9.88. The van der Waals surface area contributed by atoms with Gasteiger partial charge in [0, 0.05) is 24.2 Å². The number of hydrogen-bond acceptors (Lipinski definition) is 5. The molecule has 6 nitrogen and oxygen atoms in total. The van der Waals surface area contributed by atoms with Gasteiger partial charge in [-0.25, -0.2) is 4.98 Å². The summed E-state index contributed by atoms with van der Waals surface area (Å²) in [4.78, 5) is 27.6. The van der Waals surface area contributed by atoms with Crippen molar-refractivity contribution in [3.05, 3.63) is 53.2 Å². The average Bonchev–Trinajstić information content (AvgIpc) is 2.54. The quantitative estimate of drug-likeness (QED) is 0.797. The summed E-state index contributed by atoms with van der Waals surface area (Å²) in [6.45, 7) is 3.66. The Morgan fingerprint density at radius 2 is 2.04 bits per heavy atom. The molecule has 0 unspecified atom stereocenters. The van der Waals surface area contributed by atoms with Crippen LogP contribution in [0.15, 0.2) is 36.4 Å².